The summed E-state index contributed by atoms with van der Waals surface area (Å²) in [5.41, 5.74) is 2.20. The highest BCUT2D eigenvalue weighted by Gasteiger charge is 2.38. The molecule has 2 aromatic carbocycles. The van der Waals surface area contributed by atoms with Gasteiger partial charge in [-0.1, -0.05) is 30.3 Å². The molecule has 7 nitrogen and oxygen atoms in total. The Labute approximate surface area is 177 Å². The molecule has 0 spiro atoms. The molecule has 2 N–H and O–H groups in total. The molecule has 1 fully saturated rings. The molecule has 4 rings (SSSR count). The highest BCUT2D eigenvalue weighted by Crippen LogP contribution is 2.30. The largest absolute Gasteiger partial charge is 0.496 e. The minimum Gasteiger partial charge on any atom is -0.496 e. The first kappa shape index (κ1) is 21.3. The lowest BCUT2D eigenvalue weighted by Gasteiger charge is -2.33. The van der Waals surface area contributed by atoms with Gasteiger partial charge in [-0.25, -0.2) is 0 Å². The van der Waals surface area contributed by atoms with E-state index in [1.54, 1.807) is 12.1 Å². The van der Waals surface area contributed by atoms with Crippen molar-refractivity contribution >= 4 is 0 Å². The SMILES string of the molecule is COc1ccc(-n2nnnc2C(F)(F)F)cc1CN[C@H]1CCNC[C@H]1c1ccccc1. The quantitative estimate of drug-likeness (QED) is 0.624. The number of hydrogen-bond donors (Lipinski definition) is 2. The molecule has 1 aliphatic rings. The summed E-state index contributed by atoms with van der Waals surface area (Å²) in [7, 11) is 1.54. The van der Waals surface area contributed by atoms with Crippen molar-refractivity contribution in [2.75, 3.05) is 20.2 Å². The van der Waals surface area contributed by atoms with Crippen molar-refractivity contribution < 1.29 is 17.9 Å². The molecule has 31 heavy (non-hydrogen) atoms. The second kappa shape index (κ2) is 9.03. The van der Waals surface area contributed by atoms with E-state index < -0.39 is 12.0 Å². The van der Waals surface area contributed by atoms with Crippen molar-refractivity contribution in [3.8, 4) is 11.4 Å². The van der Waals surface area contributed by atoms with Crippen LogP contribution in [-0.4, -0.2) is 46.4 Å². The van der Waals surface area contributed by atoms with Crippen LogP contribution in [-0.2, 0) is 12.7 Å². The fourth-order valence-corrected chi connectivity index (χ4v) is 3.97. The Bertz CT molecular complexity index is 1010. The number of halogens is 3. The average molecular weight is 432 g/mol. The number of rotatable bonds is 6. The monoisotopic (exact) mass is 432 g/mol. The van der Waals surface area contributed by atoms with Crippen molar-refractivity contribution in [1.82, 2.24) is 30.8 Å². The molecule has 2 atom stereocenters. The zero-order chi connectivity index (χ0) is 21.8. The van der Waals surface area contributed by atoms with Crippen LogP contribution in [0, 0.1) is 0 Å². The number of benzene rings is 2. The normalized spacial score (nSPS) is 19.4. The van der Waals surface area contributed by atoms with Crippen molar-refractivity contribution in [3.05, 3.63) is 65.5 Å². The third-order valence-corrected chi connectivity index (χ3v) is 5.50. The molecule has 10 heteroatoms. The van der Waals surface area contributed by atoms with Gasteiger partial charge in [-0.05, 0) is 47.2 Å². The predicted octanol–water partition coefficient (Wildman–Crippen LogP) is 2.93. The molecule has 1 saturated heterocycles. The highest BCUT2D eigenvalue weighted by molar-refractivity contribution is 5.44. The van der Waals surface area contributed by atoms with E-state index in [9.17, 15) is 13.2 Å². The molecule has 0 bridgehead atoms. The van der Waals surface area contributed by atoms with Crippen molar-refractivity contribution in [2.24, 2.45) is 0 Å². The maximum Gasteiger partial charge on any atom is 0.453 e. The summed E-state index contributed by atoms with van der Waals surface area (Å²) in [6.45, 7) is 2.20. The van der Waals surface area contributed by atoms with Gasteiger partial charge in [0.1, 0.15) is 5.75 Å². The molecular formula is C21H23F3N6O. The van der Waals surface area contributed by atoms with E-state index in [-0.39, 0.29) is 11.7 Å². The first-order chi connectivity index (χ1) is 15.0. The van der Waals surface area contributed by atoms with E-state index >= 15 is 0 Å². The molecule has 1 aromatic heterocycles. The Kier molecular flexibility index (Phi) is 6.19. The summed E-state index contributed by atoms with van der Waals surface area (Å²) in [6.07, 6.45) is -3.72. The van der Waals surface area contributed by atoms with Gasteiger partial charge < -0.3 is 15.4 Å². The summed E-state index contributed by atoms with van der Waals surface area (Å²) >= 11 is 0. The Morgan fingerprint density at radius 3 is 2.74 bits per heavy atom. The van der Waals surface area contributed by atoms with Gasteiger partial charge >= 0.3 is 6.18 Å². The first-order valence-corrected chi connectivity index (χ1v) is 9.99. The minimum atomic E-state index is -4.65. The lowest BCUT2D eigenvalue weighted by molar-refractivity contribution is -0.146. The molecule has 0 saturated carbocycles. The Hall–Kier alpha value is -2.98. The molecular weight excluding hydrogens is 409 g/mol. The van der Waals surface area contributed by atoms with Crippen LogP contribution in [0.1, 0.15) is 29.3 Å². The number of ether oxygens (including phenoxy) is 1. The van der Waals surface area contributed by atoms with Crippen LogP contribution in [0.3, 0.4) is 0 Å². The first-order valence-electron chi connectivity index (χ1n) is 9.99. The molecule has 164 valence electrons. The molecule has 3 aromatic rings. The summed E-state index contributed by atoms with van der Waals surface area (Å²) in [6, 6.07) is 15.2. The van der Waals surface area contributed by atoms with Gasteiger partial charge in [-0.2, -0.15) is 17.9 Å². The van der Waals surface area contributed by atoms with Gasteiger partial charge in [0.25, 0.3) is 5.82 Å². The van der Waals surface area contributed by atoms with Crippen LogP contribution in [0.15, 0.2) is 48.5 Å². The maximum absolute atomic E-state index is 13.2. The number of hydrogen-bond acceptors (Lipinski definition) is 6. The van der Waals surface area contributed by atoms with E-state index in [1.807, 2.05) is 18.2 Å². The highest BCUT2D eigenvalue weighted by atomic mass is 19.4. The summed E-state index contributed by atoms with van der Waals surface area (Å²) in [5, 5.41) is 16.8. The standard InChI is InChI=1S/C21H23F3N6O/c1-31-19-8-7-16(30-20(21(22,23)24)27-28-29-30)11-15(19)12-26-18-9-10-25-13-17(18)14-5-3-2-4-6-14/h2-8,11,17-18,25-26H,9-10,12-13H2,1H3/t17-,18-/m0/s1. The smallest absolute Gasteiger partial charge is 0.453 e. The fourth-order valence-electron chi connectivity index (χ4n) is 3.97. The van der Waals surface area contributed by atoms with Crippen LogP contribution in [0.4, 0.5) is 13.2 Å². The maximum atomic E-state index is 13.2. The van der Waals surface area contributed by atoms with E-state index in [0.29, 0.717) is 22.9 Å². The Balaban J connectivity index is 1.57. The lowest BCUT2D eigenvalue weighted by Crippen LogP contribution is -2.45. The summed E-state index contributed by atoms with van der Waals surface area (Å²) in [5.74, 6) is -0.289. The second-order valence-corrected chi connectivity index (χ2v) is 7.41. The topological polar surface area (TPSA) is 76.9 Å². The number of nitrogens with one attached hydrogen (secondary N) is 2. The van der Waals surface area contributed by atoms with Crippen molar-refractivity contribution in [3.63, 3.8) is 0 Å². The molecule has 0 radical (unpaired) electrons. The van der Waals surface area contributed by atoms with E-state index in [1.165, 1.54) is 18.7 Å². The second-order valence-electron chi connectivity index (χ2n) is 7.41. The summed E-state index contributed by atoms with van der Waals surface area (Å²) in [4.78, 5) is 0. The zero-order valence-corrected chi connectivity index (χ0v) is 16.9. The summed E-state index contributed by atoms with van der Waals surface area (Å²) < 4.78 is 45.7. The van der Waals surface area contributed by atoms with E-state index in [2.05, 4.69) is 38.3 Å². The average Bonchev–Trinajstić information content (AvgIpc) is 3.29. The van der Waals surface area contributed by atoms with Gasteiger partial charge in [0.15, 0.2) is 0 Å². The van der Waals surface area contributed by atoms with Gasteiger partial charge in [0.05, 0.1) is 12.8 Å². The zero-order valence-electron chi connectivity index (χ0n) is 16.9. The van der Waals surface area contributed by atoms with Crippen LogP contribution >= 0.6 is 0 Å². The third kappa shape index (κ3) is 4.70. The number of aromatic nitrogens is 4. The van der Waals surface area contributed by atoms with Crippen LogP contribution < -0.4 is 15.4 Å². The fraction of sp³-hybridized carbons (Fsp3) is 0.381. The molecule has 0 aliphatic carbocycles. The van der Waals surface area contributed by atoms with Crippen molar-refractivity contribution in [1.29, 1.82) is 0 Å². The number of methoxy groups -OCH3 is 1. The Morgan fingerprint density at radius 1 is 1.19 bits per heavy atom. The van der Waals surface area contributed by atoms with Gasteiger partial charge in [0.2, 0.25) is 0 Å². The molecule has 2 heterocycles. The van der Waals surface area contributed by atoms with E-state index in [0.717, 1.165) is 25.1 Å². The number of nitrogens with zero attached hydrogens (tertiary/aromatic N) is 4. The van der Waals surface area contributed by atoms with Gasteiger partial charge in [-0.3, -0.25) is 0 Å². The van der Waals surface area contributed by atoms with Gasteiger partial charge in [-0.15, -0.1) is 5.10 Å². The molecule has 0 unspecified atom stereocenters. The van der Waals surface area contributed by atoms with Crippen LogP contribution in [0.25, 0.3) is 5.69 Å². The number of piperidine rings is 1. The minimum absolute atomic E-state index is 0.218. The van der Waals surface area contributed by atoms with E-state index in [4.69, 9.17) is 4.74 Å². The van der Waals surface area contributed by atoms with Gasteiger partial charge in [0, 0.05) is 30.6 Å². The number of tetrazole rings is 1. The number of alkyl halides is 3. The van der Waals surface area contributed by atoms with Crippen LogP contribution in [0.2, 0.25) is 0 Å². The van der Waals surface area contributed by atoms with Crippen molar-refractivity contribution in [2.45, 2.75) is 31.1 Å². The lowest BCUT2D eigenvalue weighted by atomic mass is 9.87. The molecule has 1 aliphatic heterocycles. The third-order valence-electron chi connectivity index (χ3n) is 5.50. The van der Waals surface area contributed by atoms with Crippen LogP contribution in [0.5, 0.6) is 5.75 Å². The predicted molar refractivity (Wildman–Crippen MR) is 108 cm³/mol. The Morgan fingerprint density at radius 2 is 2.00 bits per heavy atom. The molecule has 0 amide bonds.